The monoisotopic (exact) mass is 275 g/mol. The van der Waals surface area contributed by atoms with Crippen molar-refractivity contribution in [2.45, 2.75) is 12.5 Å². The largest absolute Gasteiger partial charge is 0.479 e. The zero-order chi connectivity index (χ0) is 14.5. The van der Waals surface area contributed by atoms with Crippen LogP contribution in [0.5, 0.6) is 0 Å². The quantitative estimate of drug-likeness (QED) is 0.718. The van der Waals surface area contributed by atoms with E-state index in [2.05, 4.69) is 15.3 Å². The Bertz CT molecular complexity index is 639. The van der Waals surface area contributed by atoms with Crippen molar-refractivity contribution in [3.8, 4) is 0 Å². The molecule has 0 fully saturated rings. The fourth-order valence-electron chi connectivity index (χ4n) is 1.72. The molecule has 1 aromatic heterocycles. The number of aliphatic hydroxyl groups excluding tert-OH is 1. The molecule has 0 aliphatic carbocycles. The van der Waals surface area contributed by atoms with Crippen molar-refractivity contribution >= 4 is 22.9 Å². The minimum atomic E-state index is -1.48. The van der Waals surface area contributed by atoms with Gasteiger partial charge in [0, 0.05) is 25.4 Å². The smallest absolute Gasteiger partial charge is 0.332 e. The molecule has 0 bridgehead atoms. The molecule has 0 aliphatic heterocycles. The standard InChI is InChI=1S/C13H13N3O4/c17-10(13(19)20)4-5-16-12(18)8-2-1-3-9-11(8)15-7-6-14-9/h1-3,6-7,10,17H,4-5H2,(H,16,18)(H,19,20). The Balaban J connectivity index is 2.06. The van der Waals surface area contributed by atoms with Crippen LogP contribution >= 0.6 is 0 Å². The van der Waals surface area contributed by atoms with E-state index in [4.69, 9.17) is 10.2 Å². The summed E-state index contributed by atoms with van der Waals surface area (Å²) in [7, 11) is 0. The van der Waals surface area contributed by atoms with Gasteiger partial charge in [0.1, 0.15) is 5.52 Å². The molecular weight excluding hydrogens is 262 g/mol. The summed E-state index contributed by atoms with van der Waals surface area (Å²) in [4.78, 5) is 30.6. The molecule has 1 unspecified atom stereocenters. The second-order valence-electron chi connectivity index (χ2n) is 4.13. The van der Waals surface area contributed by atoms with Gasteiger partial charge >= 0.3 is 5.97 Å². The lowest BCUT2D eigenvalue weighted by molar-refractivity contribution is -0.146. The Morgan fingerprint density at radius 3 is 2.75 bits per heavy atom. The van der Waals surface area contributed by atoms with Gasteiger partial charge in [-0.1, -0.05) is 6.07 Å². The highest BCUT2D eigenvalue weighted by Gasteiger charge is 2.15. The summed E-state index contributed by atoms with van der Waals surface area (Å²) in [6.07, 6.45) is 1.49. The maximum atomic E-state index is 12.0. The number of carboxylic acid groups (broad SMARTS) is 1. The third kappa shape index (κ3) is 3.07. The number of fused-ring (bicyclic) bond motifs is 1. The number of aromatic nitrogens is 2. The first-order valence-electron chi connectivity index (χ1n) is 5.98. The second-order valence-corrected chi connectivity index (χ2v) is 4.13. The van der Waals surface area contributed by atoms with E-state index in [1.54, 1.807) is 18.2 Å². The Hall–Kier alpha value is -2.54. The van der Waals surface area contributed by atoms with Crippen LogP contribution in [0.1, 0.15) is 16.8 Å². The van der Waals surface area contributed by atoms with Crippen molar-refractivity contribution in [1.29, 1.82) is 0 Å². The van der Waals surface area contributed by atoms with Crippen molar-refractivity contribution < 1.29 is 19.8 Å². The number of nitrogens with one attached hydrogen (secondary N) is 1. The van der Waals surface area contributed by atoms with Gasteiger partial charge in [0.05, 0.1) is 11.1 Å². The molecule has 1 aromatic carbocycles. The fraction of sp³-hybridized carbons (Fsp3) is 0.231. The molecule has 0 saturated carbocycles. The predicted molar refractivity (Wildman–Crippen MR) is 70.1 cm³/mol. The number of carbonyl (C=O) groups excluding carboxylic acids is 1. The molecule has 0 aliphatic rings. The molecular formula is C13H13N3O4. The average molecular weight is 275 g/mol. The number of aliphatic carboxylic acids is 1. The van der Waals surface area contributed by atoms with Crippen molar-refractivity contribution in [3.63, 3.8) is 0 Å². The third-order valence-corrected chi connectivity index (χ3v) is 2.73. The summed E-state index contributed by atoms with van der Waals surface area (Å²) in [5.74, 6) is -1.69. The van der Waals surface area contributed by atoms with Gasteiger partial charge in [-0.25, -0.2) is 4.79 Å². The molecule has 3 N–H and O–H groups in total. The van der Waals surface area contributed by atoms with Crippen LogP contribution in [0.15, 0.2) is 30.6 Å². The van der Waals surface area contributed by atoms with E-state index in [0.717, 1.165) is 0 Å². The number of amides is 1. The number of benzene rings is 1. The lowest BCUT2D eigenvalue weighted by Crippen LogP contribution is -2.30. The topological polar surface area (TPSA) is 112 Å². The highest BCUT2D eigenvalue weighted by Crippen LogP contribution is 2.13. The number of carboxylic acids is 1. The molecule has 1 atom stereocenters. The first kappa shape index (κ1) is 13.9. The van der Waals surface area contributed by atoms with Crippen molar-refractivity contribution in [2.24, 2.45) is 0 Å². The van der Waals surface area contributed by atoms with Gasteiger partial charge in [-0.15, -0.1) is 0 Å². The van der Waals surface area contributed by atoms with Gasteiger partial charge in [-0.05, 0) is 12.1 Å². The summed E-state index contributed by atoms with van der Waals surface area (Å²) in [5, 5.41) is 20.2. The molecule has 1 heterocycles. The number of hydrogen-bond donors (Lipinski definition) is 3. The average Bonchev–Trinajstić information content (AvgIpc) is 2.46. The van der Waals surface area contributed by atoms with Crippen molar-refractivity contribution in [1.82, 2.24) is 15.3 Å². The molecule has 2 aromatic rings. The van der Waals surface area contributed by atoms with E-state index in [0.29, 0.717) is 16.6 Å². The Morgan fingerprint density at radius 1 is 1.25 bits per heavy atom. The number of nitrogens with zero attached hydrogens (tertiary/aromatic N) is 2. The van der Waals surface area contributed by atoms with E-state index in [9.17, 15) is 9.59 Å². The molecule has 0 spiro atoms. The van der Waals surface area contributed by atoms with Gasteiger partial charge in [0.25, 0.3) is 5.91 Å². The van der Waals surface area contributed by atoms with E-state index in [-0.39, 0.29) is 18.9 Å². The van der Waals surface area contributed by atoms with Crippen LogP contribution in [0.3, 0.4) is 0 Å². The minimum Gasteiger partial charge on any atom is -0.479 e. The summed E-state index contributed by atoms with van der Waals surface area (Å²) < 4.78 is 0. The molecule has 20 heavy (non-hydrogen) atoms. The normalized spacial score (nSPS) is 12.1. The molecule has 104 valence electrons. The number of rotatable bonds is 5. The highest BCUT2D eigenvalue weighted by atomic mass is 16.4. The van der Waals surface area contributed by atoms with Crippen LogP contribution in [-0.2, 0) is 4.79 Å². The maximum absolute atomic E-state index is 12.0. The number of aliphatic hydroxyl groups is 1. The molecule has 0 radical (unpaired) electrons. The molecule has 7 heteroatoms. The Labute approximate surface area is 114 Å². The Morgan fingerprint density at radius 2 is 2.00 bits per heavy atom. The molecule has 1 amide bonds. The molecule has 0 saturated heterocycles. The van der Waals surface area contributed by atoms with Crippen LogP contribution in [0.25, 0.3) is 11.0 Å². The number of para-hydroxylation sites is 1. The van der Waals surface area contributed by atoms with E-state index in [1.807, 2.05) is 0 Å². The van der Waals surface area contributed by atoms with Gasteiger partial charge in [-0.3, -0.25) is 14.8 Å². The summed E-state index contributed by atoms with van der Waals surface area (Å²) >= 11 is 0. The maximum Gasteiger partial charge on any atom is 0.332 e. The van der Waals surface area contributed by atoms with Crippen LogP contribution in [-0.4, -0.2) is 44.7 Å². The van der Waals surface area contributed by atoms with E-state index in [1.165, 1.54) is 12.4 Å². The van der Waals surface area contributed by atoms with Crippen molar-refractivity contribution in [3.05, 3.63) is 36.2 Å². The molecule has 7 nitrogen and oxygen atoms in total. The Kier molecular flexibility index (Phi) is 4.21. The lowest BCUT2D eigenvalue weighted by Gasteiger charge is -2.08. The van der Waals surface area contributed by atoms with Gasteiger partial charge < -0.3 is 15.5 Å². The van der Waals surface area contributed by atoms with Crippen molar-refractivity contribution in [2.75, 3.05) is 6.54 Å². The minimum absolute atomic E-state index is 0.0580. The molecule has 2 rings (SSSR count). The summed E-state index contributed by atoms with van der Waals surface area (Å²) in [6, 6.07) is 5.05. The van der Waals surface area contributed by atoms with Gasteiger partial charge in [0.2, 0.25) is 0 Å². The number of hydrogen-bond acceptors (Lipinski definition) is 5. The first-order valence-corrected chi connectivity index (χ1v) is 5.98. The number of carbonyl (C=O) groups is 2. The lowest BCUT2D eigenvalue weighted by atomic mass is 10.1. The predicted octanol–water partition coefficient (Wildman–Crippen LogP) is 0.195. The van der Waals surface area contributed by atoms with Crippen LogP contribution in [0.2, 0.25) is 0 Å². The van der Waals surface area contributed by atoms with Crippen LogP contribution < -0.4 is 5.32 Å². The zero-order valence-electron chi connectivity index (χ0n) is 10.5. The first-order chi connectivity index (χ1) is 9.59. The van der Waals surface area contributed by atoms with E-state index >= 15 is 0 Å². The zero-order valence-corrected chi connectivity index (χ0v) is 10.5. The van der Waals surface area contributed by atoms with Crippen LogP contribution in [0.4, 0.5) is 0 Å². The third-order valence-electron chi connectivity index (χ3n) is 2.73. The highest BCUT2D eigenvalue weighted by molar-refractivity contribution is 6.04. The van der Waals surface area contributed by atoms with Gasteiger partial charge in [0.15, 0.2) is 6.10 Å². The SMILES string of the molecule is O=C(NCCC(O)C(=O)O)c1cccc2nccnc12. The van der Waals surface area contributed by atoms with E-state index < -0.39 is 12.1 Å². The second kappa shape index (κ2) is 6.07. The summed E-state index contributed by atoms with van der Waals surface area (Å²) in [6.45, 7) is 0.0585. The fourth-order valence-corrected chi connectivity index (χ4v) is 1.72. The summed E-state index contributed by atoms with van der Waals surface area (Å²) in [5.41, 5.74) is 1.44. The van der Waals surface area contributed by atoms with Gasteiger partial charge in [-0.2, -0.15) is 0 Å². The van der Waals surface area contributed by atoms with Crippen LogP contribution in [0, 0.1) is 0 Å².